The summed E-state index contributed by atoms with van der Waals surface area (Å²) < 4.78 is 4.82. The summed E-state index contributed by atoms with van der Waals surface area (Å²) in [6, 6.07) is 8.69. The molecule has 0 radical (unpaired) electrons. The van der Waals surface area contributed by atoms with Crippen LogP contribution in [0.3, 0.4) is 0 Å². The maximum atomic E-state index is 13.0. The van der Waals surface area contributed by atoms with Crippen LogP contribution in [0.5, 0.6) is 0 Å². The van der Waals surface area contributed by atoms with Gasteiger partial charge in [0.2, 0.25) is 11.7 Å². The molecule has 0 fully saturated rings. The number of unbranched alkanes of at least 4 members (excludes halogenated alkanes) is 1. The van der Waals surface area contributed by atoms with Gasteiger partial charge in [0.25, 0.3) is 5.91 Å². The van der Waals surface area contributed by atoms with Crippen molar-refractivity contribution < 1.29 is 29.0 Å². The van der Waals surface area contributed by atoms with Gasteiger partial charge in [0.05, 0.1) is 18.1 Å². The van der Waals surface area contributed by atoms with Crippen LogP contribution in [0.4, 0.5) is 0 Å². The van der Waals surface area contributed by atoms with Crippen LogP contribution in [-0.2, 0) is 11.2 Å². The van der Waals surface area contributed by atoms with E-state index in [1.54, 1.807) is 12.1 Å². The first-order chi connectivity index (χ1) is 16.2. The number of hydrogen-bond acceptors (Lipinski definition) is 7. The summed E-state index contributed by atoms with van der Waals surface area (Å²) in [4.78, 5) is 38.2. The molecule has 0 spiro atoms. The minimum Gasteiger partial charge on any atom is -0.426 e. The van der Waals surface area contributed by atoms with E-state index in [2.05, 4.69) is 22.7 Å². The minimum atomic E-state index is -1.75. The second-order valence-electron chi connectivity index (χ2n) is 8.87. The average Bonchev–Trinajstić information content (AvgIpc) is 3.34. The number of rotatable bonds is 14. The number of carbonyl (C=O) groups excluding carboxylic acids is 3. The summed E-state index contributed by atoms with van der Waals surface area (Å²) in [6.45, 7) is 5.77. The molecule has 0 unspecified atom stereocenters. The molecule has 9 nitrogen and oxygen atoms in total. The van der Waals surface area contributed by atoms with Gasteiger partial charge in [0, 0.05) is 24.6 Å². The first-order valence-corrected chi connectivity index (χ1v) is 11.7. The molecule has 2 rings (SSSR count). The smallest absolute Gasteiger partial charge is 0.426 e. The molecule has 4 N–H and O–H groups in total. The average molecular weight is 471 g/mol. The van der Waals surface area contributed by atoms with Crippen LogP contribution in [0.25, 0.3) is 0 Å². The molecule has 34 heavy (non-hydrogen) atoms. The second kappa shape index (κ2) is 13.7. The molecular formula is C24H34BN3O6. The molecule has 1 aromatic carbocycles. The number of amides is 2. The van der Waals surface area contributed by atoms with Gasteiger partial charge < -0.3 is 25.2 Å². The number of aromatic nitrogens is 1. The van der Waals surface area contributed by atoms with Crippen molar-refractivity contribution in [1.82, 2.24) is 15.8 Å². The van der Waals surface area contributed by atoms with E-state index in [1.165, 1.54) is 12.3 Å². The Morgan fingerprint density at radius 3 is 2.38 bits per heavy atom. The molecular weight excluding hydrogens is 437 g/mol. The van der Waals surface area contributed by atoms with Crippen molar-refractivity contribution in [3.8, 4) is 0 Å². The zero-order chi connectivity index (χ0) is 25.1. The van der Waals surface area contributed by atoms with Gasteiger partial charge in [-0.15, -0.1) is 0 Å². The third-order valence-electron chi connectivity index (χ3n) is 5.48. The molecule has 2 atom stereocenters. The molecule has 184 valence electrons. The molecule has 1 aromatic heterocycles. The summed E-state index contributed by atoms with van der Waals surface area (Å²) >= 11 is 0. The van der Waals surface area contributed by atoms with E-state index in [9.17, 15) is 24.4 Å². The first kappa shape index (κ1) is 27.3. The van der Waals surface area contributed by atoms with Crippen molar-refractivity contribution in [2.24, 2.45) is 11.8 Å². The van der Waals surface area contributed by atoms with Crippen molar-refractivity contribution in [3.63, 3.8) is 0 Å². The van der Waals surface area contributed by atoms with Gasteiger partial charge in [-0.2, -0.15) is 0 Å². The van der Waals surface area contributed by atoms with E-state index in [-0.39, 0.29) is 30.4 Å². The van der Waals surface area contributed by atoms with Gasteiger partial charge in [-0.05, 0) is 30.7 Å². The van der Waals surface area contributed by atoms with Crippen LogP contribution in [-0.4, -0.2) is 52.4 Å². The fraction of sp³-hybridized carbons (Fsp3) is 0.500. The van der Waals surface area contributed by atoms with E-state index < -0.39 is 30.8 Å². The highest BCUT2D eigenvalue weighted by molar-refractivity contribution is 6.43. The lowest BCUT2D eigenvalue weighted by Gasteiger charge is -2.23. The van der Waals surface area contributed by atoms with Crippen molar-refractivity contribution in [1.29, 1.82) is 0 Å². The number of nitrogens with one attached hydrogen (secondary N) is 2. The predicted molar refractivity (Wildman–Crippen MR) is 128 cm³/mol. The second-order valence-corrected chi connectivity index (χ2v) is 8.87. The lowest BCUT2D eigenvalue weighted by Crippen LogP contribution is -2.50. The number of hydrogen-bond donors (Lipinski definition) is 4. The zero-order valence-corrected chi connectivity index (χ0v) is 20.0. The highest BCUT2D eigenvalue weighted by Gasteiger charge is 2.30. The predicted octanol–water partition coefficient (Wildman–Crippen LogP) is 2.18. The number of Topliss-reactive ketones (excluding diaryl/α,β-unsaturated/α-hetero) is 1. The maximum absolute atomic E-state index is 13.0. The Morgan fingerprint density at radius 2 is 1.82 bits per heavy atom. The van der Waals surface area contributed by atoms with Crippen LogP contribution >= 0.6 is 0 Å². The van der Waals surface area contributed by atoms with E-state index in [1.807, 2.05) is 26.0 Å². The summed E-state index contributed by atoms with van der Waals surface area (Å²) in [5.74, 6) is -3.10. The third kappa shape index (κ3) is 8.76. The highest BCUT2D eigenvalue weighted by atomic mass is 16.5. The quantitative estimate of drug-likeness (QED) is 0.244. The summed E-state index contributed by atoms with van der Waals surface area (Å²) in [7, 11) is -1.75. The fourth-order valence-electron chi connectivity index (χ4n) is 3.54. The fourth-order valence-corrected chi connectivity index (χ4v) is 3.54. The number of nitrogens with zero attached hydrogens (tertiary/aromatic N) is 1. The molecule has 2 amide bonds. The Kier molecular flexibility index (Phi) is 11.0. The van der Waals surface area contributed by atoms with Gasteiger partial charge >= 0.3 is 7.12 Å². The Labute approximate surface area is 200 Å². The molecule has 0 aliphatic heterocycles. The Balaban J connectivity index is 2.12. The van der Waals surface area contributed by atoms with Crippen molar-refractivity contribution in [2.45, 2.75) is 58.8 Å². The normalized spacial score (nSPS) is 12.8. The van der Waals surface area contributed by atoms with Gasteiger partial charge in [0.1, 0.15) is 0 Å². The Bertz CT molecular complexity index is 915. The minimum absolute atomic E-state index is 0.0170. The number of aryl methyl sites for hydroxylation is 1. The Hall–Kier alpha value is -2.98. The topological polar surface area (TPSA) is 142 Å². The van der Waals surface area contributed by atoms with Gasteiger partial charge in [-0.1, -0.05) is 56.6 Å². The van der Waals surface area contributed by atoms with Crippen molar-refractivity contribution in [2.75, 3.05) is 6.54 Å². The van der Waals surface area contributed by atoms with E-state index in [0.717, 1.165) is 24.8 Å². The van der Waals surface area contributed by atoms with Crippen molar-refractivity contribution in [3.05, 3.63) is 53.4 Å². The molecule has 10 heteroatoms. The van der Waals surface area contributed by atoms with Crippen LogP contribution < -0.4 is 10.6 Å². The Morgan fingerprint density at radius 1 is 1.12 bits per heavy atom. The summed E-state index contributed by atoms with van der Waals surface area (Å²) in [5.41, 5.74) is 1.61. The molecule has 0 aliphatic carbocycles. The molecule has 2 aromatic rings. The lowest BCUT2D eigenvalue weighted by molar-refractivity contribution is -0.125. The third-order valence-corrected chi connectivity index (χ3v) is 5.48. The molecule has 0 saturated heterocycles. The lowest BCUT2D eigenvalue weighted by atomic mass is 9.74. The highest BCUT2D eigenvalue weighted by Crippen LogP contribution is 2.15. The summed E-state index contributed by atoms with van der Waals surface area (Å²) in [5, 5.41) is 28.0. The zero-order valence-electron chi connectivity index (χ0n) is 20.0. The van der Waals surface area contributed by atoms with E-state index in [0.29, 0.717) is 12.0 Å². The van der Waals surface area contributed by atoms with Gasteiger partial charge in [0.15, 0.2) is 5.78 Å². The van der Waals surface area contributed by atoms with Crippen LogP contribution in [0.1, 0.15) is 72.9 Å². The number of ketones is 1. The number of benzene rings is 1. The largest absolute Gasteiger partial charge is 0.475 e. The molecule has 1 heterocycles. The number of carbonyl (C=O) groups is 3. The van der Waals surface area contributed by atoms with Crippen LogP contribution in [0.2, 0.25) is 0 Å². The van der Waals surface area contributed by atoms with Gasteiger partial charge in [-0.25, -0.2) is 0 Å². The van der Waals surface area contributed by atoms with Gasteiger partial charge in [-0.3, -0.25) is 14.4 Å². The van der Waals surface area contributed by atoms with Crippen LogP contribution in [0, 0.1) is 11.8 Å². The molecule has 0 bridgehead atoms. The SMILES string of the molecule is CCCCc1ccc(C(=O)C[C@@H](CNC(=O)c2ccno2)C(=O)N[C@@H](CC(C)C)B(O)O)cc1. The monoisotopic (exact) mass is 471 g/mol. The standard InChI is InChI=1S/C24H34BN3O6/c1-4-5-6-17-7-9-18(10-8-17)20(29)14-19(15-26-24(31)21-11-12-27-34-21)23(30)28-22(25(32)33)13-16(2)3/h7-12,16,19,22,32-33H,4-6,13-15H2,1-3H3,(H,26,31)(H,28,30)/t19-,22-/m0/s1. The first-order valence-electron chi connectivity index (χ1n) is 11.7. The van der Waals surface area contributed by atoms with Crippen LogP contribution in [0.15, 0.2) is 41.1 Å². The summed E-state index contributed by atoms with van der Waals surface area (Å²) in [6.07, 6.45) is 4.59. The molecule has 0 saturated carbocycles. The van der Waals surface area contributed by atoms with Crippen molar-refractivity contribution >= 4 is 24.7 Å². The van der Waals surface area contributed by atoms with E-state index >= 15 is 0 Å². The van der Waals surface area contributed by atoms with E-state index in [4.69, 9.17) is 4.52 Å². The molecule has 0 aliphatic rings. The maximum Gasteiger partial charge on any atom is 0.475 e.